The SMILES string of the molecule is O=CC[C@@H](O)[C@H](O)[C@H](O)COP(=O)(O)O.[Na+]. The van der Waals surface area contributed by atoms with E-state index in [4.69, 9.17) is 25.1 Å². The number of aliphatic hydroxyl groups is 3. The van der Waals surface area contributed by atoms with Crippen molar-refractivity contribution in [2.45, 2.75) is 24.7 Å². The summed E-state index contributed by atoms with van der Waals surface area (Å²) in [4.78, 5) is 26.5. The molecule has 3 atom stereocenters. The van der Waals surface area contributed by atoms with Gasteiger partial charge in [-0.1, -0.05) is 0 Å². The van der Waals surface area contributed by atoms with Crippen LogP contribution in [0.25, 0.3) is 0 Å². The zero-order valence-electron chi connectivity index (χ0n) is 8.63. The van der Waals surface area contributed by atoms with Gasteiger partial charge in [-0.25, -0.2) is 4.57 Å². The fourth-order valence-corrected chi connectivity index (χ4v) is 1.11. The summed E-state index contributed by atoms with van der Waals surface area (Å²) in [6.45, 7) is -0.846. The van der Waals surface area contributed by atoms with Gasteiger partial charge in [0.15, 0.2) is 0 Å². The third-order valence-corrected chi connectivity index (χ3v) is 2.03. The van der Waals surface area contributed by atoms with Crippen LogP contribution in [0.4, 0.5) is 0 Å². The molecule has 10 heteroatoms. The average Bonchev–Trinajstić information content (AvgIpc) is 2.12. The smallest absolute Gasteiger partial charge is 0.390 e. The number of phosphoric acid groups is 1. The molecular formula is C6H13NaO8P+. The summed E-state index contributed by atoms with van der Waals surface area (Å²) in [7, 11) is -4.73. The monoisotopic (exact) mass is 267 g/mol. The van der Waals surface area contributed by atoms with Crippen molar-refractivity contribution in [3.8, 4) is 0 Å². The number of aliphatic hydroxyl groups excluding tert-OH is 3. The van der Waals surface area contributed by atoms with Crippen LogP contribution < -0.4 is 29.6 Å². The number of rotatable bonds is 7. The summed E-state index contributed by atoms with van der Waals surface area (Å²) in [6, 6.07) is 0. The molecule has 0 bridgehead atoms. The first-order chi connectivity index (χ1) is 6.78. The van der Waals surface area contributed by atoms with Crippen molar-refractivity contribution in [3.05, 3.63) is 0 Å². The molecule has 0 heterocycles. The van der Waals surface area contributed by atoms with Crippen molar-refractivity contribution in [2.24, 2.45) is 0 Å². The van der Waals surface area contributed by atoms with E-state index in [2.05, 4.69) is 4.52 Å². The van der Waals surface area contributed by atoms with Gasteiger partial charge in [0.1, 0.15) is 18.5 Å². The molecule has 16 heavy (non-hydrogen) atoms. The first kappa shape index (κ1) is 19.0. The fourth-order valence-electron chi connectivity index (χ4n) is 0.766. The van der Waals surface area contributed by atoms with Crippen LogP contribution in [0.5, 0.6) is 0 Å². The van der Waals surface area contributed by atoms with E-state index in [1.807, 2.05) is 0 Å². The molecule has 0 rings (SSSR count). The van der Waals surface area contributed by atoms with Gasteiger partial charge in [0, 0.05) is 6.42 Å². The van der Waals surface area contributed by atoms with Gasteiger partial charge in [-0.2, -0.15) is 0 Å². The molecule has 5 N–H and O–H groups in total. The number of aldehydes is 1. The van der Waals surface area contributed by atoms with Gasteiger partial charge >= 0.3 is 37.4 Å². The van der Waals surface area contributed by atoms with Crippen LogP contribution >= 0.6 is 7.82 Å². The van der Waals surface area contributed by atoms with Crippen LogP contribution in [0.2, 0.25) is 0 Å². The molecule has 0 saturated heterocycles. The van der Waals surface area contributed by atoms with E-state index in [-0.39, 0.29) is 29.6 Å². The fraction of sp³-hybridized carbons (Fsp3) is 0.833. The Kier molecular flexibility index (Phi) is 10.3. The molecule has 0 fully saturated rings. The van der Waals surface area contributed by atoms with Crippen molar-refractivity contribution in [2.75, 3.05) is 6.61 Å². The Morgan fingerprint density at radius 1 is 1.19 bits per heavy atom. The molecule has 0 amide bonds. The number of hydrogen-bond acceptors (Lipinski definition) is 6. The summed E-state index contributed by atoms with van der Waals surface area (Å²) >= 11 is 0. The maximum absolute atomic E-state index is 10.2. The van der Waals surface area contributed by atoms with E-state index in [1.165, 1.54) is 0 Å². The van der Waals surface area contributed by atoms with E-state index < -0.39 is 39.2 Å². The van der Waals surface area contributed by atoms with Crippen molar-refractivity contribution in [1.82, 2.24) is 0 Å². The van der Waals surface area contributed by atoms with Gasteiger partial charge in [-0.15, -0.1) is 0 Å². The molecule has 0 radical (unpaired) electrons. The van der Waals surface area contributed by atoms with Crippen LogP contribution in [-0.4, -0.2) is 56.3 Å². The molecular weight excluding hydrogens is 254 g/mol. The largest absolute Gasteiger partial charge is 1.00 e. The minimum atomic E-state index is -4.73. The van der Waals surface area contributed by atoms with Crippen molar-refractivity contribution < 1.29 is 68.5 Å². The third kappa shape index (κ3) is 8.77. The zero-order chi connectivity index (χ0) is 12.1. The van der Waals surface area contributed by atoms with Crippen molar-refractivity contribution in [1.29, 1.82) is 0 Å². The van der Waals surface area contributed by atoms with E-state index in [0.29, 0.717) is 6.29 Å². The molecule has 0 aliphatic rings. The van der Waals surface area contributed by atoms with Crippen LogP contribution in [0.3, 0.4) is 0 Å². The van der Waals surface area contributed by atoms with Crippen LogP contribution in [-0.2, 0) is 13.9 Å². The minimum Gasteiger partial charge on any atom is -0.390 e. The van der Waals surface area contributed by atoms with Gasteiger partial charge in [0.05, 0.1) is 12.7 Å². The molecule has 0 aliphatic carbocycles. The van der Waals surface area contributed by atoms with Crippen LogP contribution in [0, 0.1) is 0 Å². The molecule has 0 aromatic heterocycles. The molecule has 0 saturated carbocycles. The summed E-state index contributed by atoms with van der Waals surface area (Å²) in [5.74, 6) is 0. The predicted octanol–water partition coefficient (Wildman–Crippen LogP) is -5.23. The summed E-state index contributed by atoms with van der Waals surface area (Å²) in [5.41, 5.74) is 0. The first-order valence-electron chi connectivity index (χ1n) is 3.96. The number of carbonyl (C=O) groups is 1. The standard InChI is InChI=1S/C6H13O8P.Na/c7-2-1-4(8)6(10)5(9)3-14-15(11,12)13;/h2,4-6,8-10H,1,3H2,(H2,11,12,13);/q;+1/t4-,5-,6+;/m1./s1. The summed E-state index contributed by atoms with van der Waals surface area (Å²) < 4.78 is 14.1. The van der Waals surface area contributed by atoms with Gasteiger partial charge in [0.2, 0.25) is 0 Å². The number of carbonyl (C=O) groups excluding carboxylic acids is 1. The molecule has 0 spiro atoms. The number of hydrogen-bond donors (Lipinski definition) is 5. The molecule has 8 nitrogen and oxygen atoms in total. The summed E-state index contributed by atoms with van der Waals surface area (Å²) in [5, 5.41) is 27.2. The van der Waals surface area contributed by atoms with E-state index in [0.717, 1.165) is 0 Å². The molecule has 0 aromatic rings. The second-order valence-corrected chi connectivity index (χ2v) is 4.05. The van der Waals surface area contributed by atoms with Crippen molar-refractivity contribution in [3.63, 3.8) is 0 Å². The van der Waals surface area contributed by atoms with Crippen LogP contribution in [0.15, 0.2) is 0 Å². The van der Waals surface area contributed by atoms with Gasteiger partial charge in [0.25, 0.3) is 0 Å². The summed E-state index contributed by atoms with van der Waals surface area (Å²) in [6.07, 6.45) is -4.95. The Balaban J connectivity index is 0. The second kappa shape index (κ2) is 8.71. The van der Waals surface area contributed by atoms with E-state index in [1.54, 1.807) is 0 Å². The minimum absolute atomic E-state index is 0. The second-order valence-electron chi connectivity index (χ2n) is 2.81. The Labute approximate surface area is 114 Å². The van der Waals surface area contributed by atoms with Gasteiger partial charge in [-0.05, 0) is 0 Å². The zero-order valence-corrected chi connectivity index (χ0v) is 11.5. The van der Waals surface area contributed by atoms with Gasteiger partial charge < -0.3 is 29.9 Å². The predicted molar refractivity (Wildman–Crippen MR) is 46.7 cm³/mol. The molecule has 0 unspecified atom stereocenters. The Morgan fingerprint density at radius 2 is 1.69 bits per heavy atom. The normalized spacial score (nSPS) is 17.1. The Morgan fingerprint density at radius 3 is 2.06 bits per heavy atom. The maximum Gasteiger partial charge on any atom is 1.00 e. The van der Waals surface area contributed by atoms with E-state index >= 15 is 0 Å². The average molecular weight is 267 g/mol. The van der Waals surface area contributed by atoms with E-state index in [9.17, 15) is 9.36 Å². The molecule has 0 aromatic carbocycles. The first-order valence-corrected chi connectivity index (χ1v) is 5.49. The topological polar surface area (TPSA) is 145 Å². The van der Waals surface area contributed by atoms with Crippen molar-refractivity contribution >= 4 is 14.1 Å². The Hall–Kier alpha value is 0.660. The maximum atomic E-state index is 10.2. The number of phosphoric ester groups is 1. The molecule has 90 valence electrons. The van der Waals surface area contributed by atoms with Gasteiger partial charge in [-0.3, -0.25) is 4.52 Å². The third-order valence-electron chi connectivity index (χ3n) is 1.54. The molecule has 0 aliphatic heterocycles. The quantitative estimate of drug-likeness (QED) is 0.175. The Bertz CT molecular complexity index is 243. The van der Waals surface area contributed by atoms with Crippen LogP contribution in [0.1, 0.15) is 6.42 Å².